The molecule has 5 rings (SSSR count). The van der Waals surface area contributed by atoms with Gasteiger partial charge in [-0.15, -0.1) is 0 Å². The fourth-order valence-corrected chi connectivity index (χ4v) is 5.12. The Morgan fingerprint density at radius 1 is 1.14 bits per heavy atom. The van der Waals surface area contributed by atoms with E-state index >= 15 is 0 Å². The lowest BCUT2D eigenvalue weighted by atomic mass is 9.78. The predicted molar refractivity (Wildman–Crippen MR) is 143 cm³/mol. The smallest absolute Gasteiger partial charge is 0.343 e. The molecule has 1 unspecified atom stereocenters. The van der Waals surface area contributed by atoms with Crippen LogP contribution in [0.15, 0.2) is 41.6 Å². The van der Waals surface area contributed by atoms with Crippen LogP contribution in [0.2, 0.25) is 0 Å². The summed E-state index contributed by atoms with van der Waals surface area (Å²) in [6, 6.07) is 6.13. The van der Waals surface area contributed by atoms with Crippen molar-refractivity contribution in [1.82, 2.24) is 14.5 Å². The van der Waals surface area contributed by atoms with Crippen LogP contribution in [0.5, 0.6) is 5.75 Å². The van der Waals surface area contributed by atoms with Crippen LogP contribution in [-0.2, 0) is 11.2 Å². The van der Waals surface area contributed by atoms with Gasteiger partial charge in [0.1, 0.15) is 11.3 Å². The number of carbonyl (C=O) groups excluding carboxylic acids is 1. The Bertz CT molecular complexity index is 1380. The van der Waals surface area contributed by atoms with E-state index in [1.54, 1.807) is 26.3 Å². The molecule has 1 atom stereocenters. The van der Waals surface area contributed by atoms with Gasteiger partial charge in [0.05, 0.1) is 19.4 Å². The number of carbonyl (C=O) groups is 1. The fraction of sp³-hybridized carbons (Fsp3) is 0.448. The van der Waals surface area contributed by atoms with Crippen LogP contribution in [-0.4, -0.2) is 40.3 Å². The zero-order valence-corrected chi connectivity index (χ0v) is 22.1. The second-order valence-electron chi connectivity index (χ2n) is 10.9. The minimum atomic E-state index is -0.593. The number of fused-ring (bicyclic) bond motifs is 3. The summed E-state index contributed by atoms with van der Waals surface area (Å²) in [6.07, 6.45) is 9.61. The molecule has 1 saturated carbocycles. The van der Waals surface area contributed by atoms with Crippen LogP contribution in [0.3, 0.4) is 0 Å². The van der Waals surface area contributed by atoms with Crippen molar-refractivity contribution in [2.45, 2.75) is 65.5 Å². The molecule has 1 aromatic carbocycles. The third-order valence-electron chi connectivity index (χ3n) is 7.43. The minimum Gasteiger partial charge on any atom is -0.496 e. The minimum absolute atomic E-state index is 0.0234. The summed E-state index contributed by atoms with van der Waals surface area (Å²) in [4.78, 5) is 34.6. The molecule has 0 radical (unpaired) electrons. The van der Waals surface area contributed by atoms with E-state index in [2.05, 4.69) is 46.7 Å². The first-order valence-electron chi connectivity index (χ1n) is 12.9. The van der Waals surface area contributed by atoms with E-state index in [0.29, 0.717) is 17.7 Å². The molecule has 1 aliphatic carbocycles. The fourth-order valence-electron chi connectivity index (χ4n) is 5.12. The first-order valence-corrected chi connectivity index (χ1v) is 12.9. The normalized spacial score (nSPS) is 16.8. The monoisotopic (exact) mass is 502 g/mol. The van der Waals surface area contributed by atoms with E-state index in [-0.39, 0.29) is 29.1 Å². The molecule has 194 valence electrons. The van der Waals surface area contributed by atoms with Crippen LogP contribution in [0, 0.1) is 5.41 Å². The van der Waals surface area contributed by atoms with E-state index in [1.807, 2.05) is 18.5 Å². The number of methoxy groups -OCH3 is 1. The van der Waals surface area contributed by atoms with Gasteiger partial charge in [0, 0.05) is 53.4 Å². The van der Waals surface area contributed by atoms with Gasteiger partial charge < -0.3 is 19.4 Å². The lowest BCUT2D eigenvalue weighted by Crippen LogP contribution is -2.33. The topological polar surface area (TPSA) is 95.3 Å². The predicted octanol–water partition coefficient (Wildman–Crippen LogP) is 5.27. The van der Waals surface area contributed by atoms with Crippen molar-refractivity contribution in [1.29, 1.82) is 0 Å². The first kappa shape index (κ1) is 25.0. The van der Waals surface area contributed by atoms with Crippen molar-refractivity contribution in [3.63, 3.8) is 0 Å². The van der Waals surface area contributed by atoms with Gasteiger partial charge >= 0.3 is 5.97 Å². The van der Waals surface area contributed by atoms with Gasteiger partial charge in [-0.25, -0.2) is 14.8 Å². The highest BCUT2D eigenvalue weighted by Gasteiger charge is 2.34. The molecule has 2 aromatic heterocycles. The van der Waals surface area contributed by atoms with Crippen molar-refractivity contribution in [2.75, 3.05) is 19.0 Å². The molecule has 3 heterocycles. The summed E-state index contributed by atoms with van der Waals surface area (Å²) in [5.41, 5.74) is 4.13. The quantitative estimate of drug-likeness (QED) is 0.459. The highest BCUT2D eigenvalue weighted by Crippen LogP contribution is 2.45. The molecule has 8 heteroatoms. The molecule has 1 N–H and O–H groups in total. The number of aromatic nitrogens is 3. The molecule has 1 fully saturated rings. The summed E-state index contributed by atoms with van der Waals surface area (Å²) >= 11 is 0. The second kappa shape index (κ2) is 9.65. The molecular formula is C29H34N4O4. The number of hydrogen-bond donors (Lipinski definition) is 1. The Morgan fingerprint density at radius 3 is 2.46 bits per heavy atom. The largest absolute Gasteiger partial charge is 0.496 e. The summed E-state index contributed by atoms with van der Waals surface area (Å²) in [5, 5.41) is 3.38. The summed E-state index contributed by atoms with van der Waals surface area (Å²) < 4.78 is 13.0. The van der Waals surface area contributed by atoms with E-state index in [4.69, 9.17) is 9.47 Å². The van der Waals surface area contributed by atoms with Crippen LogP contribution in [0.25, 0.3) is 22.4 Å². The highest BCUT2D eigenvalue weighted by atomic mass is 16.5. The van der Waals surface area contributed by atoms with Gasteiger partial charge in [0.15, 0.2) is 5.43 Å². The number of rotatable bonds is 6. The number of esters is 1. The molecule has 0 spiro atoms. The molecule has 8 nitrogen and oxygen atoms in total. The van der Waals surface area contributed by atoms with Crippen molar-refractivity contribution >= 4 is 11.9 Å². The van der Waals surface area contributed by atoms with Gasteiger partial charge in [0.25, 0.3) is 0 Å². The van der Waals surface area contributed by atoms with Crippen molar-refractivity contribution in [3.8, 4) is 28.1 Å². The number of ether oxygens (including phenoxy) is 2. The zero-order chi connectivity index (χ0) is 26.3. The SMILES string of the molecule is CCOC(=O)c1cn2c(cc1=O)-c1cc(OC)c(-c3cnc(NC4CCC4)nc3)cc1CC2C(C)(C)C. The maximum atomic E-state index is 13.0. The summed E-state index contributed by atoms with van der Waals surface area (Å²) in [6.45, 7) is 8.45. The number of hydrogen-bond acceptors (Lipinski definition) is 7. The Labute approximate surface area is 217 Å². The van der Waals surface area contributed by atoms with Gasteiger partial charge in [-0.05, 0) is 55.7 Å². The maximum absolute atomic E-state index is 13.0. The van der Waals surface area contributed by atoms with Crippen LogP contribution in [0.1, 0.15) is 68.9 Å². The van der Waals surface area contributed by atoms with Crippen molar-refractivity contribution in [3.05, 3.63) is 58.1 Å². The standard InChI is InChI=1S/C29H34N4O4/c1-6-37-27(35)22-16-33-23(13-24(22)34)20-12-25(36-5)21(10-17(20)11-26(33)29(2,3)4)18-14-30-28(31-15-18)32-19-8-7-9-19/h10,12-16,19,26H,6-9,11H2,1-5H3,(H,30,31,32). The molecule has 37 heavy (non-hydrogen) atoms. The van der Waals surface area contributed by atoms with Gasteiger partial charge in [-0.1, -0.05) is 20.8 Å². The van der Waals surface area contributed by atoms with Crippen molar-refractivity contribution in [2.24, 2.45) is 5.41 Å². The number of anilines is 1. The van der Waals surface area contributed by atoms with Gasteiger partial charge in [0.2, 0.25) is 5.95 Å². The molecular weight excluding hydrogens is 468 g/mol. The van der Waals surface area contributed by atoms with E-state index in [9.17, 15) is 9.59 Å². The molecule has 0 saturated heterocycles. The number of nitrogens with zero attached hydrogens (tertiary/aromatic N) is 3. The highest BCUT2D eigenvalue weighted by molar-refractivity contribution is 5.89. The summed E-state index contributed by atoms with van der Waals surface area (Å²) in [5.74, 6) is 0.720. The van der Waals surface area contributed by atoms with Crippen LogP contribution >= 0.6 is 0 Å². The van der Waals surface area contributed by atoms with Crippen LogP contribution < -0.4 is 15.5 Å². The molecule has 0 amide bonds. The molecule has 2 aliphatic rings. The van der Waals surface area contributed by atoms with Gasteiger partial charge in [-0.2, -0.15) is 0 Å². The van der Waals surface area contributed by atoms with E-state index in [0.717, 1.165) is 47.2 Å². The molecule has 1 aliphatic heterocycles. The Hall–Kier alpha value is -3.68. The third-order valence-corrected chi connectivity index (χ3v) is 7.43. The number of pyridine rings is 1. The Balaban J connectivity index is 1.60. The summed E-state index contributed by atoms with van der Waals surface area (Å²) in [7, 11) is 1.64. The van der Waals surface area contributed by atoms with Crippen LogP contribution in [0.4, 0.5) is 5.95 Å². The average molecular weight is 503 g/mol. The number of nitrogens with one attached hydrogen (secondary N) is 1. The van der Waals surface area contributed by atoms with E-state index in [1.165, 1.54) is 6.42 Å². The molecule has 3 aromatic rings. The molecule has 0 bridgehead atoms. The number of benzene rings is 1. The third kappa shape index (κ3) is 4.72. The lowest BCUT2D eigenvalue weighted by Gasteiger charge is -2.39. The van der Waals surface area contributed by atoms with Gasteiger partial charge in [-0.3, -0.25) is 4.79 Å². The van der Waals surface area contributed by atoms with Crippen molar-refractivity contribution < 1.29 is 14.3 Å². The first-order chi connectivity index (χ1) is 17.7. The average Bonchev–Trinajstić information content (AvgIpc) is 2.84. The van der Waals surface area contributed by atoms with E-state index < -0.39 is 5.97 Å². The zero-order valence-electron chi connectivity index (χ0n) is 22.1. The Kier molecular flexibility index (Phi) is 6.52. The maximum Gasteiger partial charge on any atom is 0.343 e. The lowest BCUT2D eigenvalue weighted by molar-refractivity contribution is 0.0523. The second-order valence-corrected chi connectivity index (χ2v) is 10.9. The Morgan fingerprint density at radius 2 is 1.86 bits per heavy atom.